The lowest BCUT2D eigenvalue weighted by Crippen LogP contribution is -2.01. The Morgan fingerprint density at radius 1 is 0.931 bits per heavy atom. The van der Waals surface area contributed by atoms with E-state index in [1.807, 2.05) is 36.4 Å². The Kier molecular flexibility index (Phi) is 3.77. The molecule has 0 unspecified atom stereocenters. The Labute approximate surface area is 165 Å². The molecule has 2 heterocycles. The van der Waals surface area contributed by atoms with Crippen LogP contribution in [0.2, 0.25) is 0 Å². The van der Waals surface area contributed by atoms with Gasteiger partial charge in [0.25, 0.3) is 0 Å². The normalized spacial score (nSPS) is 11.2. The summed E-state index contributed by atoms with van der Waals surface area (Å²) >= 11 is 0. The lowest BCUT2D eigenvalue weighted by molar-refractivity contribution is 0.0697. The zero-order chi connectivity index (χ0) is 20.0. The molecule has 0 bridgehead atoms. The van der Waals surface area contributed by atoms with E-state index in [9.17, 15) is 9.90 Å². The fourth-order valence-electron chi connectivity index (χ4n) is 3.65. The topological polar surface area (TPSA) is 105 Å². The van der Waals surface area contributed by atoms with Crippen molar-refractivity contribution in [3.63, 3.8) is 0 Å². The Morgan fingerprint density at radius 2 is 1.69 bits per heavy atom. The van der Waals surface area contributed by atoms with Gasteiger partial charge in [-0.1, -0.05) is 54.6 Å². The molecule has 2 aromatic heterocycles. The van der Waals surface area contributed by atoms with E-state index in [1.165, 1.54) is 0 Å². The molecule has 5 aromatic rings. The van der Waals surface area contributed by atoms with Crippen LogP contribution >= 0.6 is 0 Å². The quantitative estimate of drug-likeness (QED) is 0.420. The minimum atomic E-state index is -1.00. The van der Waals surface area contributed by atoms with E-state index in [2.05, 4.69) is 16.3 Å². The van der Waals surface area contributed by atoms with Crippen LogP contribution in [0.5, 0.6) is 0 Å². The molecule has 0 aliphatic rings. The van der Waals surface area contributed by atoms with Gasteiger partial charge < -0.3 is 10.8 Å². The molecule has 29 heavy (non-hydrogen) atoms. The highest BCUT2D eigenvalue weighted by atomic mass is 16.4. The molecule has 0 atom stereocenters. The van der Waals surface area contributed by atoms with E-state index in [-0.39, 0.29) is 5.56 Å². The summed E-state index contributed by atoms with van der Waals surface area (Å²) in [5.41, 5.74) is 9.64. The second kappa shape index (κ2) is 6.45. The molecule has 0 amide bonds. The smallest absolute Gasteiger partial charge is 0.336 e. The van der Waals surface area contributed by atoms with Crippen molar-refractivity contribution in [3.05, 3.63) is 78.4 Å². The molecule has 5 rings (SSSR count). The number of hydrogen-bond acceptors (Lipinski definition) is 4. The number of nitrogen functional groups attached to an aromatic ring is 1. The number of hydrogen-bond donors (Lipinski definition) is 3. The largest absolute Gasteiger partial charge is 0.478 e. The summed E-state index contributed by atoms with van der Waals surface area (Å²) in [4.78, 5) is 16.5. The second-order valence-corrected chi connectivity index (χ2v) is 6.80. The van der Waals surface area contributed by atoms with Crippen LogP contribution in [0.25, 0.3) is 44.2 Å². The third-order valence-corrected chi connectivity index (χ3v) is 5.03. The molecular formula is C23H16N4O2. The number of nitrogens with one attached hydrogen (secondary N) is 1. The predicted octanol–water partition coefficient (Wildman–Crippen LogP) is 4.73. The van der Waals surface area contributed by atoms with Gasteiger partial charge in [0.05, 0.1) is 27.9 Å². The SMILES string of the molecule is Nc1n[nH]c2cc(-c3ccccc3C(=O)O)nc(-c3ccc4ccccc4c3)c12. The van der Waals surface area contributed by atoms with Crippen LogP contribution in [0.1, 0.15) is 10.4 Å². The lowest BCUT2D eigenvalue weighted by Gasteiger charge is -2.10. The number of aromatic amines is 1. The van der Waals surface area contributed by atoms with Crippen molar-refractivity contribution in [2.75, 3.05) is 5.73 Å². The van der Waals surface area contributed by atoms with E-state index in [1.54, 1.807) is 30.3 Å². The second-order valence-electron chi connectivity index (χ2n) is 6.80. The van der Waals surface area contributed by atoms with E-state index in [0.29, 0.717) is 28.3 Å². The first-order valence-electron chi connectivity index (χ1n) is 9.08. The number of carbonyl (C=O) groups is 1. The van der Waals surface area contributed by atoms with Gasteiger partial charge >= 0.3 is 5.97 Å². The Bertz CT molecular complexity index is 1400. The molecule has 3 aromatic carbocycles. The standard InChI is InChI=1S/C23H16N4O2/c24-22-20-19(26-27-22)12-18(16-7-3-4-8-17(16)23(28)29)25-21(20)15-10-9-13-5-1-2-6-14(13)11-15/h1-12H,(H,28,29)(H3,24,26,27). The van der Waals surface area contributed by atoms with Crippen molar-refractivity contribution >= 4 is 33.5 Å². The van der Waals surface area contributed by atoms with Crippen LogP contribution in [0.3, 0.4) is 0 Å². The number of anilines is 1. The average Bonchev–Trinajstić information content (AvgIpc) is 3.13. The van der Waals surface area contributed by atoms with Gasteiger partial charge in [-0.05, 0) is 29.0 Å². The maximum Gasteiger partial charge on any atom is 0.336 e. The summed E-state index contributed by atoms with van der Waals surface area (Å²) < 4.78 is 0. The zero-order valence-corrected chi connectivity index (χ0v) is 15.3. The van der Waals surface area contributed by atoms with Crippen molar-refractivity contribution in [1.82, 2.24) is 15.2 Å². The Morgan fingerprint density at radius 3 is 2.52 bits per heavy atom. The molecule has 6 nitrogen and oxygen atoms in total. The Balaban J connectivity index is 1.81. The Hall–Kier alpha value is -4.19. The fraction of sp³-hybridized carbons (Fsp3) is 0. The molecule has 0 spiro atoms. The monoisotopic (exact) mass is 380 g/mol. The number of nitrogens with two attached hydrogens (primary N) is 1. The van der Waals surface area contributed by atoms with Gasteiger partial charge in [-0.2, -0.15) is 5.10 Å². The summed E-state index contributed by atoms with van der Waals surface area (Å²) in [6.07, 6.45) is 0. The van der Waals surface area contributed by atoms with Crippen molar-refractivity contribution in [1.29, 1.82) is 0 Å². The summed E-state index contributed by atoms with van der Waals surface area (Å²) in [6, 6.07) is 22.7. The van der Waals surface area contributed by atoms with Gasteiger partial charge in [0.15, 0.2) is 5.82 Å². The van der Waals surface area contributed by atoms with Crippen LogP contribution in [0.4, 0.5) is 5.82 Å². The highest BCUT2D eigenvalue weighted by molar-refractivity contribution is 6.04. The van der Waals surface area contributed by atoms with Crippen molar-refractivity contribution in [2.45, 2.75) is 0 Å². The van der Waals surface area contributed by atoms with Crippen LogP contribution in [0, 0.1) is 0 Å². The average molecular weight is 380 g/mol. The van der Waals surface area contributed by atoms with Crippen molar-refractivity contribution in [2.24, 2.45) is 0 Å². The summed E-state index contributed by atoms with van der Waals surface area (Å²) in [7, 11) is 0. The van der Waals surface area contributed by atoms with Crippen LogP contribution in [0.15, 0.2) is 72.8 Å². The predicted molar refractivity (Wildman–Crippen MR) is 114 cm³/mol. The van der Waals surface area contributed by atoms with E-state index in [4.69, 9.17) is 10.7 Å². The number of benzene rings is 3. The first-order chi connectivity index (χ1) is 14.1. The molecule has 0 saturated heterocycles. The molecule has 6 heteroatoms. The highest BCUT2D eigenvalue weighted by Crippen LogP contribution is 2.35. The lowest BCUT2D eigenvalue weighted by atomic mass is 9.99. The molecule has 0 saturated carbocycles. The third-order valence-electron chi connectivity index (χ3n) is 5.03. The van der Waals surface area contributed by atoms with Crippen molar-refractivity contribution < 1.29 is 9.90 Å². The van der Waals surface area contributed by atoms with E-state index >= 15 is 0 Å². The molecule has 0 radical (unpaired) electrons. The van der Waals surface area contributed by atoms with Crippen LogP contribution in [-0.2, 0) is 0 Å². The number of aromatic carboxylic acids is 1. The summed E-state index contributed by atoms with van der Waals surface area (Å²) in [5, 5.41) is 19.6. The van der Waals surface area contributed by atoms with Gasteiger partial charge in [0.2, 0.25) is 0 Å². The van der Waals surface area contributed by atoms with Gasteiger partial charge in [-0.15, -0.1) is 0 Å². The molecule has 0 aliphatic carbocycles. The number of carboxylic acids is 1. The van der Waals surface area contributed by atoms with Crippen molar-refractivity contribution in [3.8, 4) is 22.5 Å². The number of pyridine rings is 1. The first kappa shape index (κ1) is 16.9. The first-order valence-corrected chi connectivity index (χ1v) is 9.08. The molecular weight excluding hydrogens is 364 g/mol. The zero-order valence-electron chi connectivity index (χ0n) is 15.3. The van der Waals surface area contributed by atoms with Gasteiger partial charge in [-0.3, -0.25) is 5.10 Å². The van der Waals surface area contributed by atoms with Gasteiger partial charge in [-0.25, -0.2) is 9.78 Å². The number of fused-ring (bicyclic) bond motifs is 2. The summed E-state index contributed by atoms with van der Waals surface area (Å²) in [5.74, 6) is -0.646. The fourth-order valence-corrected chi connectivity index (χ4v) is 3.65. The van der Waals surface area contributed by atoms with Crippen LogP contribution in [-0.4, -0.2) is 26.3 Å². The molecule has 0 aliphatic heterocycles. The minimum Gasteiger partial charge on any atom is -0.478 e. The number of nitrogens with zero attached hydrogens (tertiary/aromatic N) is 2. The minimum absolute atomic E-state index is 0.191. The van der Waals surface area contributed by atoms with Gasteiger partial charge in [0, 0.05) is 11.1 Å². The third kappa shape index (κ3) is 2.78. The van der Waals surface area contributed by atoms with E-state index < -0.39 is 5.97 Å². The summed E-state index contributed by atoms with van der Waals surface area (Å²) in [6.45, 7) is 0. The number of carboxylic acid groups (broad SMARTS) is 1. The van der Waals surface area contributed by atoms with Gasteiger partial charge in [0.1, 0.15) is 0 Å². The number of rotatable bonds is 3. The highest BCUT2D eigenvalue weighted by Gasteiger charge is 2.18. The molecule has 0 fully saturated rings. The maximum absolute atomic E-state index is 11.7. The molecule has 4 N–H and O–H groups in total. The number of H-pyrrole nitrogens is 1. The number of aromatic nitrogens is 3. The van der Waals surface area contributed by atoms with E-state index in [0.717, 1.165) is 21.7 Å². The maximum atomic E-state index is 11.7. The van der Waals surface area contributed by atoms with Crippen LogP contribution < -0.4 is 5.73 Å². The molecule has 140 valence electrons.